The molecule has 1 N–H and O–H groups in total. The van der Waals surface area contributed by atoms with Gasteiger partial charge in [0, 0.05) is 10.4 Å². The zero-order valence-corrected chi connectivity index (χ0v) is 10.4. The van der Waals surface area contributed by atoms with Gasteiger partial charge in [0.1, 0.15) is 0 Å². The van der Waals surface area contributed by atoms with Gasteiger partial charge in [-0.1, -0.05) is 0 Å². The lowest BCUT2D eigenvalue weighted by Gasteiger charge is -2.37. The molecule has 0 fully saturated rings. The lowest BCUT2D eigenvalue weighted by Crippen LogP contribution is -2.43. The van der Waals surface area contributed by atoms with Crippen molar-refractivity contribution in [3.8, 4) is 0 Å². The molecule has 0 saturated carbocycles. The minimum Gasteiger partial charge on any atom is -0.386 e. The smallest absolute Gasteiger partial charge is 0.0978 e. The number of hydrogen-bond acceptors (Lipinski definition) is 3. The van der Waals surface area contributed by atoms with Crippen molar-refractivity contribution in [3.05, 3.63) is 21.9 Å². The number of likely N-dealkylation sites (N-methyl/N-ethyl adjacent to an activating group) is 1. The molecule has 0 radical (unpaired) electrons. The number of thiophene rings is 1. The first-order chi connectivity index (χ1) is 6.37. The number of hydrogen-bond donors (Lipinski definition) is 1. The summed E-state index contributed by atoms with van der Waals surface area (Å²) in [5, 5.41) is 12.3. The molecule has 1 rings (SSSR count). The van der Waals surface area contributed by atoms with Crippen LogP contribution < -0.4 is 0 Å². The molecule has 1 aromatic heterocycles. The predicted molar refractivity (Wildman–Crippen MR) is 61.8 cm³/mol. The van der Waals surface area contributed by atoms with Gasteiger partial charge in [-0.05, 0) is 51.9 Å². The van der Waals surface area contributed by atoms with Crippen LogP contribution in [0.3, 0.4) is 0 Å². The van der Waals surface area contributed by atoms with Gasteiger partial charge in [-0.2, -0.15) is 0 Å². The Labute approximate surface area is 90.2 Å². The van der Waals surface area contributed by atoms with Crippen LogP contribution in [0.25, 0.3) is 0 Å². The third-order valence-electron chi connectivity index (χ3n) is 3.02. The van der Waals surface area contributed by atoms with Crippen LogP contribution >= 0.6 is 11.3 Å². The van der Waals surface area contributed by atoms with Crippen LogP contribution in [0.4, 0.5) is 0 Å². The second kappa shape index (κ2) is 4.01. The van der Waals surface area contributed by atoms with Gasteiger partial charge in [-0.15, -0.1) is 11.3 Å². The van der Waals surface area contributed by atoms with E-state index in [1.165, 1.54) is 4.88 Å². The number of aryl methyl sites for hydroxylation is 1. The average Bonchev–Trinajstić information content (AvgIpc) is 2.49. The van der Waals surface area contributed by atoms with Crippen molar-refractivity contribution in [2.75, 3.05) is 14.1 Å². The highest BCUT2D eigenvalue weighted by Crippen LogP contribution is 2.32. The van der Waals surface area contributed by atoms with E-state index in [0.717, 1.165) is 5.56 Å². The SMILES string of the molecule is Cc1sccc1C(O)C(C)(C)N(C)C. The summed E-state index contributed by atoms with van der Waals surface area (Å²) in [5.41, 5.74) is 0.819. The van der Waals surface area contributed by atoms with Crippen molar-refractivity contribution >= 4 is 11.3 Å². The average molecular weight is 213 g/mol. The summed E-state index contributed by atoms with van der Waals surface area (Å²) in [4.78, 5) is 3.25. The molecule has 80 valence electrons. The van der Waals surface area contributed by atoms with Crippen molar-refractivity contribution in [1.82, 2.24) is 4.90 Å². The molecule has 0 aromatic carbocycles. The quantitative estimate of drug-likeness (QED) is 0.833. The van der Waals surface area contributed by atoms with E-state index in [1.807, 2.05) is 25.5 Å². The Morgan fingerprint density at radius 1 is 1.43 bits per heavy atom. The maximum absolute atomic E-state index is 10.3. The van der Waals surface area contributed by atoms with Gasteiger partial charge in [-0.25, -0.2) is 0 Å². The van der Waals surface area contributed by atoms with E-state index in [1.54, 1.807) is 11.3 Å². The molecular formula is C11H19NOS. The standard InChI is InChI=1S/C11H19NOS/c1-8-9(6-7-14-8)10(13)11(2,3)12(4)5/h6-7,10,13H,1-5H3. The molecule has 1 unspecified atom stereocenters. The van der Waals surface area contributed by atoms with Crippen molar-refractivity contribution in [2.24, 2.45) is 0 Å². The first kappa shape index (κ1) is 11.7. The van der Waals surface area contributed by atoms with Gasteiger partial charge in [-0.3, -0.25) is 0 Å². The van der Waals surface area contributed by atoms with Crippen molar-refractivity contribution in [2.45, 2.75) is 32.4 Å². The molecule has 0 aliphatic rings. The molecule has 0 aliphatic carbocycles. The van der Waals surface area contributed by atoms with Crippen LogP contribution in [0.5, 0.6) is 0 Å². The lowest BCUT2D eigenvalue weighted by molar-refractivity contribution is 0.0163. The molecule has 1 atom stereocenters. The predicted octanol–water partition coefficient (Wildman–Crippen LogP) is 2.43. The van der Waals surface area contributed by atoms with E-state index in [0.29, 0.717) is 0 Å². The van der Waals surface area contributed by atoms with E-state index in [2.05, 4.69) is 25.7 Å². The molecule has 0 saturated heterocycles. The summed E-state index contributed by atoms with van der Waals surface area (Å²) in [6, 6.07) is 2.01. The second-order valence-electron chi connectivity index (χ2n) is 4.38. The van der Waals surface area contributed by atoms with Gasteiger partial charge >= 0.3 is 0 Å². The van der Waals surface area contributed by atoms with Crippen LogP contribution in [0.15, 0.2) is 11.4 Å². The van der Waals surface area contributed by atoms with Crippen LogP contribution in [0.1, 0.15) is 30.4 Å². The number of rotatable bonds is 3. The Morgan fingerprint density at radius 2 is 2.00 bits per heavy atom. The number of aliphatic hydroxyl groups excluding tert-OH is 1. The van der Waals surface area contributed by atoms with Gasteiger partial charge in [0.05, 0.1) is 6.10 Å². The van der Waals surface area contributed by atoms with E-state index in [9.17, 15) is 5.11 Å². The first-order valence-corrected chi connectivity index (χ1v) is 5.65. The monoisotopic (exact) mass is 213 g/mol. The fourth-order valence-electron chi connectivity index (χ4n) is 1.30. The normalized spacial score (nSPS) is 14.8. The Hall–Kier alpha value is -0.380. The fourth-order valence-corrected chi connectivity index (χ4v) is 2.04. The molecule has 2 nitrogen and oxygen atoms in total. The van der Waals surface area contributed by atoms with E-state index >= 15 is 0 Å². The highest BCUT2D eigenvalue weighted by Gasteiger charge is 2.32. The molecule has 14 heavy (non-hydrogen) atoms. The third kappa shape index (κ3) is 2.00. The van der Waals surface area contributed by atoms with Crippen molar-refractivity contribution in [3.63, 3.8) is 0 Å². The summed E-state index contributed by atoms with van der Waals surface area (Å²) in [7, 11) is 3.98. The lowest BCUT2D eigenvalue weighted by atomic mass is 9.90. The summed E-state index contributed by atoms with van der Waals surface area (Å²) in [5.74, 6) is 0. The molecule has 0 spiro atoms. The van der Waals surface area contributed by atoms with Gasteiger partial charge in [0.15, 0.2) is 0 Å². The summed E-state index contributed by atoms with van der Waals surface area (Å²) >= 11 is 1.68. The molecular weight excluding hydrogens is 194 g/mol. The minimum absolute atomic E-state index is 0.230. The highest BCUT2D eigenvalue weighted by molar-refractivity contribution is 7.10. The zero-order chi connectivity index (χ0) is 10.9. The Bertz CT molecular complexity index is 304. The summed E-state index contributed by atoms with van der Waals surface area (Å²) in [6.45, 7) is 6.15. The number of nitrogens with zero attached hydrogens (tertiary/aromatic N) is 1. The molecule has 1 heterocycles. The largest absolute Gasteiger partial charge is 0.386 e. The maximum Gasteiger partial charge on any atom is 0.0978 e. The van der Waals surface area contributed by atoms with Crippen LogP contribution in [-0.4, -0.2) is 29.6 Å². The van der Waals surface area contributed by atoms with Gasteiger partial charge in [0.25, 0.3) is 0 Å². The molecule has 0 amide bonds. The summed E-state index contributed by atoms with van der Waals surface area (Å²) < 4.78 is 0. The summed E-state index contributed by atoms with van der Waals surface area (Å²) in [6.07, 6.45) is -0.427. The van der Waals surface area contributed by atoms with Gasteiger partial charge in [0.2, 0.25) is 0 Å². The van der Waals surface area contributed by atoms with E-state index in [4.69, 9.17) is 0 Å². The fraction of sp³-hybridized carbons (Fsp3) is 0.636. The first-order valence-electron chi connectivity index (χ1n) is 4.77. The zero-order valence-electron chi connectivity index (χ0n) is 9.53. The van der Waals surface area contributed by atoms with Crippen LogP contribution in [0, 0.1) is 6.92 Å². The highest BCUT2D eigenvalue weighted by atomic mass is 32.1. The van der Waals surface area contributed by atoms with E-state index in [-0.39, 0.29) is 5.54 Å². The maximum atomic E-state index is 10.3. The Kier molecular flexibility index (Phi) is 3.35. The molecule has 3 heteroatoms. The second-order valence-corrected chi connectivity index (χ2v) is 5.50. The molecule has 1 aromatic rings. The molecule has 0 bridgehead atoms. The third-order valence-corrected chi connectivity index (χ3v) is 3.88. The Balaban J connectivity index is 2.96. The van der Waals surface area contributed by atoms with Crippen LogP contribution in [-0.2, 0) is 0 Å². The Morgan fingerprint density at radius 3 is 2.36 bits per heavy atom. The number of aliphatic hydroxyl groups is 1. The van der Waals surface area contributed by atoms with Gasteiger partial charge < -0.3 is 10.0 Å². The topological polar surface area (TPSA) is 23.5 Å². The molecule has 0 aliphatic heterocycles. The minimum atomic E-state index is -0.427. The van der Waals surface area contributed by atoms with Crippen molar-refractivity contribution < 1.29 is 5.11 Å². The van der Waals surface area contributed by atoms with E-state index < -0.39 is 6.10 Å². The van der Waals surface area contributed by atoms with Crippen LogP contribution in [0.2, 0.25) is 0 Å². The van der Waals surface area contributed by atoms with Crippen molar-refractivity contribution in [1.29, 1.82) is 0 Å².